The normalized spacial score (nSPS) is 10.5. The predicted molar refractivity (Wildman–Crippen MR) is 148 cm³/mol. The number of rotatable bonds is 7. The molecule has 0 fully saturated rings. The van der Waals surface area contributed by atoms with Crippen molar-refractivity contribution in [2.75, 3.05) is 0 Å². The minimum Gasteiger partial charge on any atom is -0.476 e. The maximum atomic E-state index is 11.2. The summed E-state index contributed by atoms with van der Waals surface area (Å²) in [5, 5.41) is 46.6. The second-order valence-electron chi connectivity index (χ2n) is 8.73. The minimum absolute atomic E-state index is 0.0233. The van der Waals surface area contributed by atoms with Crippen molar-refractivity contribution < 1.29 is 29.6 Å². The van der Waals surface area contributed by atoms with Gasteiger partial charge in [0.05, 0.1) is 11.9 Å². The summed E-state index contributed by atoms with van der Waals surface area (Å²) < 4.78 is 11.1. The molecule has 0 spiro atoms. The van der Waals surface area contributed by atoms with Gasteiger partial charge in [-0.25, -0.2) is 25.0 Å². The molecule has 0 unspecified atom stereocenters. The van der Waals surface area contributed by atoms with Gasteiger partial charge in [0, 0.05) is 17.3 Å². The third-order valence-electron chi connectivity index (χ3n) is 5.71. The fourth-order valence-corrected chi connectivity index (χ4v) is 3.68. The molecule has 0 aliphatic carbocycles. The molecule has 216 valence electrons. The Hall–Kier alpha value is -6.75. The van der Waals surface area contributed by atoms with Crippen LogP contribution in [0.4, 0.5) is 0 Å². The van der Waals surface area contributed by atoms with Crippen LogP contribution >= 0.6 is 0 Å². The fourth-order valence-electron chi connectivity index (χ4n) is 3.68. The van der Waals surface area contributed by atoms with Crippen LogP contribution in [0.1, 0.15) is 45.2 Å². The third kappa shape index (κ3) is 6.26. The molecule has 0 radical (unpaired) electrons. The molecule has 0 bridgehead atoms. The number of nitrogens with one attached hydrogen (secondary N) is 4. The van der Waals surface area contributed by atoms with Crippen LogP contribution in [0.25, 0.3) is 11.4 Å². The number of carboxylic acids is 1. The van der Waals surface area contributed by atoms with E-state index in [0.29, 0.717) is 45.7 Å². The van der Waals surface area contributed by atoms with Gasteiger partial charge in [-0.15, -0.1) is 10.2 Å². The topological polar surface area (TPSA) is 237 Å². The monoisotopic (exact) mass is 590 g/mol. The fraction of sp³-hybridized carbons (Fsp3) is 0.0357. The van der Waals surface area contributed by atoms with Crippen molar-refractivity contribution >= 4 is 5.97 Å². The first-order valence-corrected chi connectivity index (χ1v) is 12.5. The molecule has 0 atom stereocenters. The van der Waals surface area contributed by atoms with Crippen molar-refractivity contribution in [1.82, 2.24) is 50.8 Å². The number of benzene rings is 2. The van der Waals surface area contributed by atoms with Gasteiger partial charge in [0.25, 0.3) is 5.88 Å². The number of aliphatic hydroxyl groups is 2. The van der Waals surface area contributed by atoms with Gasteiger partial charge in [0.15, 0.2) is 17.3 Å². The van der Waals surface area contributed by atoms with Crippen molar-refractivity contribution in [3.05, 3.63) is 95.1 Å². The number of H-pyrrole nitrogens is 4. The summed E-state index contributed by atoms with van der Waals surface area (Å²) in [4.78, 5) is 26.1. The molecule has 0 saturated carbocycles. The Labute approximate surface area is 246 Å². The molecule has 4 aromatic heterocycles. The molecule has 0 amide bonds. The highest BCUT2D eigenvalue weighted by Gasteiger charge is 2.17. The Morgan fingerprint density at radius 1 is 0.841 bits per heavy atom. The smallest absolute Gasteiger partial charge is 0.362 e. The largest absolute Gasteiger partial charge is 0.476 e. The molecule has 0 saturated heterocycles. The standard InChI is InChI=1S/C28H18N10O6/c39-27(40)23-25(35-37-33-23)43-17-8-4-15(5-9-17)6-10-21-29-13-19(31-21)20-14-30-22(32-20)11-7-16-2-1-3-18(12-16)44-26-24(28(41)42)34-38-36-26/h1-5,8-9,12-14,27,39-40H,(H,29,31)(H,30,32)(H,41,42)(H,33,35,37)(H,34,36,38). The number of carbonyl (C=O) groups is 1. The highest BCUT2D eigenvalue weighted by molar-refractivity contribution is 5.87. The second kappa shape index (κ2) is 12.0. The lowest BCUT2D eigenvalue weighted by molar-refractivity contribution is -0.0470. The van der Waals surface area contributed by atoms with Gasteiger partial charge in [-0.05, 0) is 54.3 Å². The number of hydrogen-bond donors (Lipinski definition) is 7. The van der Waals surface area contributed by atoms with E-state index in [1.165, 1.54) is 0 Å². The summed E-state index contributed by atoms with van der Waals surface area (Å²) in [6, 6.07) is 13.5. The Morgan fingerprint density at radius 2 is 1.59 bits per heavy atom. The molecule has 16 heteroatoms. The highest BCUT2D eigenvalue weighted by atomic mass is 16.5. The third-order valence-corrected chi connectivity index (χ3v) is 5.71. The Morgan fingerprint density at radius 3 is 2.41 bits per heavy atom. The first-order chi connectivity index (χ1) is 21.4. The van der Waals surface area contributed by atoms with Crippen LogP contribution in [0.15, 0.2) is 60.9 Å². The number of carboxylic acid groups (broad SMARTS) is 1. The van der Waals surface area contributed by atoms with Crippen LogP contribution in [0.5, 0.6) is 23.3 Å². The van der Waals surface area contributed by atoms with E-state index >= 15 is 0 Å². The van der Waals surface area contributed by atoms with E-state index < -0.39 is 12.3 Å². The average Bonchev–Trinajstić information content (AvgIpc) is 3.83. The zero-order valence-electron chi connectivity index (χ0n) is 22.1. The van der Waals surface area contributed by atoms with E-state index in [1.807, 2.05) is 0 Å². The van der Waals surface area contributed by atoms with E-state index in [-0.39, 0.29) is 23.1 Å². The molecule has 6 rings (SSSR count). The van der Waals surface area contributed by atoms with Gasteiger partial charge in [0.1, 0.15) is 17.2 Å². The zero-order chi connectivity index (χ0) is 30.5. The molecular formula is C28H18N10O6. The highest BCUT2D eigenvalue weighted by Crippen LogP contribution is 2.25. The summed E-state index contributed by atoms with van der Waals surface area (Å²) in [6.45, 7) is 0. The SMILES string of the molecule is O=C(O)c1nn[nH]c1Oc1cccc(C#Cc2nc(-c3cnc(C#Cc4ccc(Oc5[nH]nnc5C(O)O)cc4)[nH]3)c[nH]2)c1. The molecule has 2 aromatic carbocycles. The first kappa shape index (κ1) is 27.4. The van der Waals surface area contributed by atoms with E-state index in [1.54, 1.807) is 60.9 Å². The summed E-state index contributed by atoms with van der Waals surface area (Å²) in [7, 11) is 0. The lowest BCUT2D eigenvalue weighted by atomic mass is 10.2. The van der Waals surface area contributed by atoms with Crippen LogP contribution in [-0.4, -0.2) is 72.0 Å². The average molecular weight is 591 g/mol. The number of aliphatic hydroxyl groups excluding tert-OH is 1. The van der Waals surface area contributed by atoms with Gasteiger partial charge in [0.2, 0.25) is 17.9 Å². The van der Waals surface area contributed by atoms with Gasteiger partial charge >= 0.3 is 5.97 Å². The van der Waals surface area contributed by atoms with Crippen molar-refractivity contribution in [2.24, 2.45) is 0 Å². The molecule has 16 nitrogen and oxygen atoms in total. The van der Waals surface area contributed by atoms with Crippen LogP contribution in [0, 0.1) is 23.7 Å². The number of ether oxygens (including phenoxy) is 2. The maximum Gasteiger partial charge on any atom is 0.362 e. The maximum absolute atomic E-state index is 11.2. The number of aromatic carboxylic acids is 1. The van der Waals surface area contributed by atoms with Crippen LogP contribution in [0.2, 0.25) is 0 Å². The Balaban J connectivity index is 1.09. The van der Waals surface area contributed by atoms with Gasteiger partial charge in [-0.1, -0.05) is 28.3 Å². The predicted octanol–water partition coefficient (Wildman–Crippen LogP) is 2.10. The molecule has 4 heterocycles. The number of aromatic nitrogens is 10. The molecule has 6 aromatic rings. The van der Waals surface area contributed by atoms with Gasteiger partial charge < -0.3 is 34.8 Å². The van der Waals surface area contributed by atoms with Crippen molar-refractivity contribution in [3.63, 3.8) is 0 Å². The van der Waals surface area contributed by atoms with Gasteiger partial charge in [-0.2, -0.15) is 0 Å². The molecular weight excluding hydrogens is 572 g/mol. The van der Waals surface area contributed by atoms with Crippen molar-refractivity contribution in [1.29, 1.82) is 0 Å². The van der Waals surface area contributed by atoms with Gasteiger partial charge in [-0.3, -0.25) is 0 Å². The van der Waals surface area contributed by atoms with E-state index in [2.05, 4.69) is 74.4 Å². The Kier molecular flexibility index (Phi) is 7.48. The number of hydrogen-bond acceptors (Lipinski definition) is 11. The van der Waals surface area contributed by atoms with Crippen LogP contribution < -0.4 is 9.47 Å². The van der Waals surface area contributed by atoms with E-state index in [4.69, 9.17) is 14.6 Å². The summed E-state index contributed by atoms with van der Waals surface area (Å²) >= 11 is 0. The molecule has 0 aliphatic rings. The van der Waals surface area contributed by atoms with E-state index in [0.717, 1.165) is 0 Å². The summed E-state index contributed by atoms with van der Waals surface area (Å²) in [5.74, 6) is 12.2. The van der Waals surface area contributed by atoms with Crippen LogP contribution in [-0.2, 0) is 0 Å². The lowest BCUT2D eigenvalue weighted by Crippen LogP contribution is -1.99. The number of aromatic amines is 4. The first-order valence-electron chi connectivity index (χ1n) is 12.5. The molecule has 0 aliphatic heterocycles. The zero-order valence-corrected chi connectivity index (χ0v) is 22.1. The second-order valence-corrected chi connectivity index (χ2v) is 8.73. The Bertz CT molecular complexity index is 2070. The van der Waals surface area contributed by atoms with Crippen LogP contribution in [0.3, 0.4) is 0 Å². The lowest BCUT2D eigenvalue weighted by Gasteiger charge is -2.05. The van der Waals surface area contributed by atoms with E-state index in [9.17, 15) is 15.0 Å². The van der Waals surface area contributed by atoms with Crippen molar-refractivity contribution in [3.8, 4) is 58.3 Å². The minimum atomic E-state index is -1.82. The summed E-state index contributed by atoms with van der Waals surface area (Å²) in [6.07, 6.45) is 1.47. The quantitative estimate of drug-likeness (QED) is 0.105. The molecule has 7 N–H and O–H groups in total. The van der Waals surface area contributed by atoms with Crippen molar-refractivity contribution in [2.45, 2.75) is 6.29 Å². The number of nitrogens with zero attached hydrogens (tertiary/aromatic N) is 6. The number of imidazole rings is 2. The molecule has 44 heavy (non-hydrogen) atoms. The summed E-state index contributed by atoms with van der Waals surface area (Å²) in [5.41, 5.74) is 2.06.